The number of oxime groups is 1. The fraction of sp³-hybridized carbons (Fsp3) is 0.364. The SMILES string of the molecule is CC(C)C(NC(=O)c1ccc(=O)[nH]c1)/C(N)=N/O. The van der Waals surface area contributed by atoms with Gasteiger partial charge in [-0.1, -0.05) is 19.0 Å². The third-order valence-electron chi connectivity index (χ3n) is 2.43. The molecule has 0 fully saturated rings. The van der Waals surface area contributed by atoms with Crippen LogP contribution in [0, 0.1) is 5.92 Å². The number of carbonyl (C=O) groups excluding carboxylic acids is 1. The molecule has 7 nitrogen and oxygen atoms in total. The van der Waals surface area contributed by atoms with E-state index in [0.29, 0.717) is 5.56 Å². The predicted octanol–water partition coefficient (Wildman–Crippen LogP) is -0.124. The van der Waals surface area contributed by atoms with Crippen molar-refractivity contribution in [2.45, 2.75) is 19.9 Å². The quantitative estimate of drug-likeness (QED) is 0.258. The number of amides is 1. The van der Waals surface area contributed by atoms with Gasteiger partial charge in [-0.3, -0.25) is 9.59 Å². The van der Waals surface area contributed by atoms with E-state index in [-0.39, 0.29) is 17.3 Å². The Morgan fingerprint density at radius 1 is 1.50 bits per heavy atom. The Kier molecular flexibility index (Phi) is 4.47. The molecule has 0 saturated heterocycles. The van der Waals surface area contributed by atoms with E-state index < -0.39 is 11.9 Å². The zero-order valence-electron chi connectivity index (χ0n) is 10.2. The van der Waals surface area contributed by atoms with Gasteiger partial charge in [0.25, 0.3) is 5.91 Å². The average molecular weight is 252 g/mol. The number of nitrogens with one attached hydrogen (secondary N) is 2. The number of aromatic amines is 1. The van der Waals surface area contributed by atoms with E-state index in [1.165, 1.54) is 18.3 Å². The number of carbonyl (C=O) groups is 1. The van der Waals surface area contributed by atoms with Gasteiger partial charge in [0.2, 0.25) is 5.56 Å². The van der Waals surface area contributed by atoms with E-state index in [1.54, 1.807) is 0 Å². The molecule has 18 heavy (non-hydrogen) atoms. The van der Waals surface area contributed by atoms with Crippen LogP contribution in [0.2, 0.25) is 0 Å². The lowest BCUT2D eigenvalue weighted by molar-refractivity contribution is 0.0938. The molecule has 5 N–H and O–H groups in total. The van der Waals surface area contributed by atoms with Gasteiger partial charge in [-0.05, 0) is 12.0 Å². The van der Waals surface area contributed by atoms with Crippen molar-refractivity contribution in [1.82, 2.24) is 10.3 Å². The number of H-pyrrole nitrogens is 1. The summed E-state index contributed by atoms with van der Waals surface area (Å²) in [6.45, 7) is 3.66. The number of aromatic nitrogens is 1. The molecule has 0 radical (unpaired) electrons. The van der Waals surface area contributed by atoms with Crippen LogP contribution in [0.1, 0.15) is 24.2 Å². The smallest absolute Gasteiger partial charge is 0.253 e. The molecule has 98 valence electrons. The second-order valence-electron chi connectivity index (χ2n) is 4.16. The Bertz CT molecular complexity index is 487. The number of nitrogens with zero attached hydrogens (tertiary/aromatic N) is 1. The number of hydrogen-bond donors (Lipinski definition) is 4. The van der Waals surface area contributed by atoms with Crippen LogP contribution in [0.4, 0.5) is 0 Å². The molecule has 0 aliphatic carbocycles. The van der Waals surface area contributed by atoms with Gasteiger partial charge in [-0.2, -0.15) is 0 Å². The lowest BCUT2D eigenvalue weighted by atomic mass is 10.0. The molecule has 0 aromatic carbocycles. The van der Waals surface area contributed by atoms with Gasteiger partial charge in [0, 0.05) is 12.3 Å². The van der Waals surface area contributed by atoms with Crippen molar-refractivity contribution in [3.8, 4) is 0 Å². The monoisotopic (exact) mass is 252 g/mol. The largest absolute Gasteiger partial charge is 0.409 e. The first-order valence-corrected chi connectivity index (χ1v) is 5.42. The number of hydrogen-bond acceptors (Lipinski definition) is 4. The maximum absolute atomic E-state index is 11.9. The standard InChI is InChI=1S/C11H16N4O3/c1-6(2)9(10(12)15-18)14-11(17)7-3-4-8(16)13-5-7/h3-6,9,18H,1-2H3,(H2,12,15)(H,13,16)(H,14,17). The fourth-order valence-corrected chi connectivity index (χ4v) is 1.42. The van der Waals surface area contributed by atoms with Gasteiger partial charge >= 0.3 is 0 Å². The maximum Gasteiger partial charge on any atom is 0.253 e. The first-order chi connectivity index (χ1) is 8.45. The van der Waals surface area contributed by atoms with Crippen molar-refractivity contribution in [2.24, 2.45) is 16.8 Å². The minimum atomic E-state index is -0.575. The molecule has 1 heterocycles. The third-order valence-corrected chi connectivity index (χ3v) is 2.43. The van der Waals surface area contributed by atoms with Crippen LogP contribution in [0.5, 0.6) is 0 Å². The minimum absolute atomic E-state index is 0.0346. The fourth-order valence-electron chi connectivity index (χ4n) is 1.42. The van der Waals surface area contributed by atoms with Crippen LogP contribution in [0.3, 0.4) is 0 Å². The van der Waals surface area contributed by atoms with Crippen molar-refractivity contribution in [2.75, 3.05) is 0 Å². The summed E-state index contributed by atoms with van der Waals surface area (Å²) in [6, 6.07) is 2.08. The third kappa shape index (κ3) is 3.34. The second-order valence-corrected chi connectivity index (χ2v) is 4.16. The summed E-state index contributed by atoms with van der Waals surface area (Å²) < 4.78 is 0. The van der Waals surface area contributed by atoms with Gasteiger partial charge in [-0.25, -0.2) is 0 Å². The molecular weight excluding hydrogens is 236 g/mol. The highest BCUT2D eigenvalue weighted by molar-refractivity contribution is 5.98. The lowest BCUT2D eigenvalue weighted by Crippen LogP contribution is -2.47. The van der Waals surface area contributed by atoms with Gasteiger partial charge in [0.05, 0.1) is 11.6 Å². The van der Waals surface area contributed by atoms with Crippen LogP contribution in [0.15, 0.2) is 28.3 Å². The van der Waals surface area contributed by atoms with E-state index >= 15 is 0 Å². The zero-order valence-corrected chi connectivity index (χ0v) is 10.2. The molecule has 1 unspecified atom stereocenters. The summed E-state index contributed by atoms with van der Waals surface area (Å²) in [5, 5.41) is 14.2. The Balaban J connectivity index is 2.85. The molecule has 1 atom stereocenters. The molecule has 1 amide bonds. The first-order valence-electron chi connectivity index (χ1n) is 5.42. The summed E-state index contributed by atoms with van der Waals surface area (Å²) in [6.07, 6.45) is 1.31. The van der Waals surface area contributed by atoms with Crippen molar-refractivity contribution >= 4 is 11.7 Å². The number of amidine groups is 1. The van der Waals surface area contributed by atoms with Crippen molar-refractivity contribution < 1.29 is 10.0 Å². The number of rotatable bonds is 4. The summed E-state index contributed by atoms with van der Waals surface area (Å²) in [5.41, 5.74) is 5.50. The topological polar surface area (TPSA) is 121 Å². The van der Waals surface area contributed by atoms with Crippen LogP contribution >= 0.6 is 0 Å². The van der Waals surface area contributed by atoms with E-state index in [2.05, 4.69) is 15.5 Å². The average Bonchev–Trinajstić information content (AvgIpc) is 2.35. The number of nitrogens with two attached hydrogens (primary N) is 1. The van der Waals surface area contributed by atoms with Gasteiger partial charge < -0.3 is 21.2 Å². The Hall–Kier alpha value is -2.31. The lowest BCUT2D eigenvalue weighted by Gasteiger charge is -2.20. The van der Waals surface area contributed by atoms with Crippen molar-refractivity contribution in [1.29, 1.82) is 0 Å². The van der Waals surface area contributed by atoms with Crippen LogP contribution in [-0.2, 0) is 0 Å². The molecule has 0 saturated carbocycles. The van der Waals surface area contributed by atoms with E-state index in [9.17, 15) is 9.59 Å². The molecule has 1 aromatic rings. The Morgan fingerprint density at radius 3 is 2.61 bits per heavy atom. The summed E-state index contributed by atoms with van der Waals surface area (Å²) in [7, 11) is 0. The molecule has 0 aliphatic heterocycles. The van der Waals surface area contributed by atoms with E-state index in [1.807, 2.05) is 13.8 Å². The van der Waals surface area contributed by atoms with Crippen LogP contribution in [0.25, 0.3) is 0 Å². The molecule has 0 bridgehead atoms. The summed E-state index contributed by atoms with van der Waals surface area (Å²) >= 11 is 0. The summed E-state index contributed by atoms with van der Waals surface area (Å²) in [4.78, 5) is 25.1. The minimum Gasteiger partial charge on any atom is -0.409 e. The van der Waals surface area contributed by atoms with E-state index in [4.69, 9.17) is 10.9 Å². The summed E-state index contributed by atoms with van der Waals surface area (Å²) in [5.74, 6) is -0.507. The highest BCUT2D eigenvalue weighted by Crippen LogP contribution is 2.03. The molecule has 1 rings (SSSR count). The van der Waals surface area contributed by atoms with Crippen molar-refractivity contribution in [3.05, 3.63) is 34.2 Å². The highest BCUT2D eigenvalue weighted by Gasteiger charge is 2.21. The van der Waals surface area contributed by atoms with Gasteiger partial charge in [-0.15, -0.1) is 0 Å². The van der Waals surface area contributed by atoms with Gasteiger partial charge in [0.1, 0.15) is 0 Å². The molecular formula is C11H16N4O3. The zero-order chi connectivity index (χ0) is 13.7. The number of pyridine rings is 1. The Labute approximate surface area is 104 Å². The Morgan fingerprint density at radius 2 is 2.17 bits per heavy atom. The molecule has 0 aliphatic rings. The normalized spacial score (nSPS) is 13.4. The molecule has 7 heteroatoms. The maximum atomic E-state index is 11.9. The molecule has 0 spiro atoms. The van der Waals surface area contributed by atoms with Crippen LogP contribution < -0.4 is 16.6 Å². The van der Waals surface area contributed by atoms with Gasteiger partial charge in [0.15, 0.2) is 5.84 Å². The highest BCUT2D eigenvalue weighted by atomic mass is 16.4. The van der Waals surface area contributed by atoms with Crippen LogP contribution in [-0.4, -0.2) is 28.0 Å². The van der Waals surface area contributed by atoms with E-state index in [0.717, 1.165) is 0 Å². The second kappa shape index (κ2) is 5.85. The predicted molar refractivity (Wildman–Crippen MR) is 66.6 cm³/mol. The molecule has 1 aromatic heterocycles. The van der Waals surface area contributed by atoms with Crippen molar-refractivity contribution in [3.63, 3.8) is 0 Å². The first kappa shape index (κ1) is 13.8.